The molecule has 0 fully saturated rings. The molecule has 1 aromatic rings. The highest BCUT2D eigenvalue weighted by Gasteiger charge is 2.42. The molecule has 100 valence electrons. The topological polar surface area (TPSA) is 59.1 Å². The summed E-state index contributed by atoms with van der Waals surface area (Å²) in [5.74, 6) is -2.63. The van der Waals surface area contributed by atoms with E-state index in [0.717, 1.165) is 11.1 Å². The molecule has 1 atom stereocenters. The number of alkyl halides is 3. The molecule has 0 saturated carbocycles. The summed E-state index contributed by atoms with van der Waals surface area (Å²) in [5, 5.41) is 6.95. The molecule has 3 N–H and O–H groups in total. The molecular weight excluding hydrogens is 245 g/mol. The average Bonchev–Trinajstić information content (AvgIpc) is 2.20. The molecule has 0 heterocycles. The van der Waals surface area contributed by atoms with Crippen LogP contribution in [0.2, 0.25) is 0 Å². The van der Waals surface area contributed by atoms with Crippen molar-refractivity contribution in [2.24, 2.45) is 11.7 Å². The number of rotatable bonds is 4. The first kappa shape index (κ1) is 14.3. The normalized spacial score (nSPS) is 13.2. The largest absolute Gasteiger partial charge is 0.492 e. The van der Waals surface area contributed by atoms with Crippen molar-refractivity contribution < 1.29 is 17.9 Å². The van der Waals surface area contributed by atoms with Gasteiger partial charge in [0.1, 0.15) is 24.1 Å². The van der Waals surface area contributed by atoms with E-state index in [-0.39, 0.29) is 0 Å². The molecule has 1 aromatic carbocycles. The molecule has 0 radical (unpaired) electrons. The number of nitrogens with one attached hydrogen (secondary N) is 1. The zero-order chi connectivity index (χ0) is 13.9. The monoisotopic (exact) mass is 260 g/mol. The lowest BCUT2D eigenvalue weighted by atomic mass is 10.1. The second-order valence-electron chi connectivity index (χ2n) is 4.13. The third-order valence-corrected chi connectivity index (χ3v) is 2.52. The molecular formula is C12H15F3N2O. The SMILES string of the molecule is Cc1ccc(C)c(OCC(C(=N)N)C(F)(F)F)c1. The molecule has 0 aliphatic heterocycles. The van der Waals surface area contributed by atoms with Crippen molar-refractivity contribution in [3.8, 4) is 5.75 Å². The van der Waals surface area contributed by atoms with Gasteiger partial charge in [0, 0.05) is 0 Å². The van der Waals surface area contributed by atoms with E-state index in [1.807, 2.05) is 13.0 Å². The Bertz CT molecular complexity index is 443. The molecule has 0 aliphatic carbocycles. The minimum absolute atomic E-state index is 0.380. The molecule has 0 bridgehead atoms. The number of hydrogen-bond acceptors (Lipinski definition) is 2. The summed E-state index contributed by atoms with van der Waals surface area (Å²) in [7, 11) is 0. The van der Waals surface area contributed by atoms with E-state index < -0.39 is 24.5 Å². The summed E-state index contributed by atoms with van der Waals surface area (Å²) in [6.07, 6.45) is -4.57. The van der Waals surface area contributed by atoms with Crippen LogP contribution in [0, 0.1) is 25.2 Å². The maximum atomic E-state index is 12.6. The lowest BCUT2D eigenvalue weighted by Gasteiger charge is -2.20. The van der Waals surface area contributed by atoms with Crippen molar-refractivity contribution in [1.82, 2.24) is 0 Å². The maximum Gasteiger partial charge on any atom is 0.401 e. The van der Waals surface area contributed by atoms with E-state index in [1.165, 1.54) is 0 Å². The first-order valence-corrected chi connectivity index (χ1v) is 5.32. The van der Waals surface area contributed by atoms with Crippen LogP contribution < -0.4 is 10.5 Å². The highest BCUT2D eigenvalue weighted by atomic mass is 19.4. The Labute approximate surface area is 103 Å². The molecule has 0 spiro atoms. The molecule has 0 aromatic heterocycles. The number of benzene rings is 1. The van der Waals surface area contributed by atoms with Crippen molar-refractivity contribution in [3.05, 3.63) is 29.3 Å². The number of aryl methyl sites for hydroxylation is 2. The Balaban J connectivity index is 2.79. The van der Waals surface area contributed by atoms with Crippen LogP contribution in [0.15, 0.2) is 18.2 Å². The quantitative estimate of drug-likeness (QED) is 0.646. The average molecular weight is 260 g/mol. The van der Waals surface area contributed by atoms with Crippen LogP contribution in [0.4, 0.5) is 13.2 Å². The molecule has 1 unspecified atom stereocenters. The van der Waals surface area contributed by atoms with Crippen LogP contribution in [0.3, 0.4) is 0 Å². The van der Waals surface area contributed by atoms with Crippen LogP contribution in [-0.2, 0) is 0 Å². The zero-order valence-electron chi connectivity index (χ0n) is 10.1. The molecule has 0 saturated heterocycles. The van der Waals surface area contributed by atoms with Crippen LogP contribution >= 0.6 is 0 Å². The summed E-state index contributed by atoms with van der Waals surface area (Å²) in [4.78, 5) is 0. The summed E-state index contributed by atoms with van der Waals surface area (Å²) >= 11 is 0. The lowest BCUT2D eigenvalue weighted by molar-refractivity contribution is -0.162. The van der Waals surface area contributed by atoms with Crippen LogP contribution in [0.1, 0.15) is 11.1 Å². The Hall–Kier alpha value is -1.72. The molecule has 1 rings (SSSR count). The number of halogens is 3. The highest BCUT2D eigenvalue weighted by molar-refractivity contribution is 5.80. The summed E-state index contributed by atoms with van der Waals surface area (Å²) in [6.45, 7) is 2.88. The lowest BCUT2D eigenvalue weighted by Crippen LogP contribution is -2.39. The third kappa shape index (κ3) is 3.65. The second-order valence-corrected chi connectivity index (χ2v) is 4.13. The van der Waals surface area contributed by atoms with Crippen molar-refractivity contribution in [2.45, 2.75) is 20.0 Å². The third-order valence-electron chi connectivity index (χ3n) is 2.52. The second kappa shape index (κ2) is 5.29. The number of nitrogens with two attached hydrogens (primary N) is 1. The summed E-state index contributed by atoms with van der Waals surface area (Å²) in [5.41, 5.74) is 6.57. The van der Waals surface area contributed by atoms with Crippen molar-refractivity contribution >= 4 is 5.84 Å². The van der Waals surface area contributed by atoms with Gasteiger partial charge in [0.15, 0.2) is 0 Å². The zero-order valence-corrected chi connectivity index (χ0v) is 10.1. The molecule has 0 amide bonds. The van der Waals surface area contributed by atoms with Gasteiger partial charge in [0.25, 0.3) is 0 Å². The van der Waals surface area contributed by atoms with Gasteiger partial charge in [-0.1, -0.05) is 12.1 Å². The number of amidine groups is 1. The smallest absolute Gasteiger partial charge is 0.401 e. The molecule has 3 nitrogen and oxygen atoms in total. The van der Waals surface area contributed by atoms with Gasteiger partial charge in [0.2, 0.25) is 0 Å². The Kier molecular flexibility index (Phi) is 4.21. The number of ether oxygens (including phenoxy) is 1. The minimum atomic E-state index is -4.57. The maximum absolute atomic E-state index is 12.6. The van der Waals surface area contributed by atoms with Gasteiger partial charge in [-0.2, -0.15) is 13.2 Å². The fourth-order valence-corrected chi connectivity index (χ4v) is 1.40. The van der Waals surface area contributed by atoms with Gasteiger partial charge >= 0.3 is 6.18 Å². The van der Waals surface area contributed by atoms with Crippen molar-refractivity contribution in [1.29, 1.82) is 5.41 Å². The van der Waals surface area contributed by atoms with Gasteiger partial charge < -0.3 is 10.5 Å². The van der Waals surface area contributed by atoms with Gasteiger partial charge in [-0.15, -0.1) is 0 Å². The number of hydrogen-bond donors (Lipinski definition) is 2. The molecule has 6 heteroatoms. The summed E-state index contributed by atoms with van der Waals surface area (Å²) in [6, 6.07) is 5.26. The van der Waals surface area contributed by atoms with Gasteiger partial charge in [-0.3, -0.25) is 5.41 Å². The minimum Gasteiger partial charge on any atom is -0.492 e. The Morgan fingerprint density at radius 2 is 2.00 bits per heavy atom. The summed E-state index contributed by atoms with van der Waals surface area (Å²) < 4.78 is 42.8. The highest BCUT2D eigenvalue weighted by Crippen LogP contribution is 2.28. The Morgan fingerprint density at radius 3 is 2.50 bits per heavy atom. The van der Waals surface area contributed by atoms with E-state index in [2.05, 4.69) is 0 Å². The first-order valence-electron chi connectivity index (χ1n) is 5.32. The fourth-order valence-electron chi connectivity index (χ4n) is 1.40. The van der Waals surface area contributed by atoms with E-state index in [1.54, 1.807) is 19.1 Å². The van der Waals surface area contributed by atoms with Crippen LogP contribution in [0.5, 0.6) is 5.75 Å². The van der Waals surface area contributed by atoms with Crippen molar-refractivity contribution in [2.75, 3.05) is 6.61 Å². The van der Waals surface area contributed by atoms with Crippen LogP contribution in [0.25, 0.3) is 0 Å². The first-order chi connectivity index (χ1) is 8.21. The van der Waals surface area contributed by atoms with E-state index in [4.69, 9.17) is 15.9 Å². The van der Waals surface area contributed by atoms with Gasteiger partial charge in [0.05, 0.1) is 0 Å². The predicted octanol–water partition coefficient (Wildman–Crippen LogP) is 2.80. The van der Waals surface area contributed by atoms with E-state index >= 15 is 0 Å². The van der Waals surface area contributed by atoms with Crippen LogP contribution in [-0.4, -0.2) is 18.6 Å². The predicted molar refractivity (Wildman–Crippen MR) is 62.9 cm³/mol. The van der Waals surface area contributed by atoms with E-state index in [0.29, 0.717) is 5.75 Å². The fraction of sp³-hybridized carbons (Fsp3) is 0.417. The molecule has 0 aliphatic rings. The molecule has 18 heavy (non-hydrogen) atoms. The van der Waals surface area contributed by atoms with E-state index in [9.17, 15) is 13.2 Å². The standard InChI is InChI=1S/C12H15F3N2O/c1-7-3-4-8(2)10(5-7)18-6-9(11(16)17)12(13,14)15/h3-5,9H,6H2,1-2H3,(H3,16,17). The van der Waals surface area contributed by atoms with Gasteiger partial charge in [-0.25, -0.2) is 0 Å². The Morgan fingerprint density at radius 1 is 1.39 bits per heavy atom. The van der Waals surface area contributed by atoms with Gasteiger partial charge in [-0.05, 0) is 31.0 Å². The van der Waals surface area contributed by atoms with Crippen molar-refractivity contribution in [3.63, 3.8) is 0 Å².